The summed E-state index contributed by atoms with van der Waals surface area (Å²) >= 11 is 0. The Labute approximate surface area is 117 Å². The van der Waals surface area contributed by atoms with Crippen molar-refractivity contribution in [2.75, 3.05) is 5.32 Å². The van der Waals surface area contributed by atoms with Crippen molar-refractivity contribution in [1.29, 1.82) is 0 Å². The lowest BCUT2D eigenvalue weighted by atomic mass is 10.2. The van der Waals surface area contributed by atoms with Crippen LogP contribution in [0.1, 0.15) is 16.1 Å². The van der Waals surface area contributed by atoms with E-state index in [1.165, 1.54) is 12.3 Å². The predicted molar refractivity (Wildman–Crippen MR) is 76.6 cm³/mol. The van der Waals surface area contributed by atoms with E-state index in [0.29, 0.717) is 22.5 Å². The van der Waals surface area contributed by atoms with Gasteiger partial charge in [0.15, 0.2) is 11.0 Å². The number of oxazole rings is 1. The van der Waals surface area contributed by atoms with E-state index in [4.69, 9.17) is 4.42 Å². The highest BCUT2D eigenvalue weighted by Gasteiger charge is 2.11. The number of carbonyl (C=O) groups is 1. The van der Waals surface area contributed by atoms with Gasteiger partial charge in [-0.15, -0.1) is 0 Å². The van der Waals surface area contributed by atoms with Crippen LogP contribution in [0.5, 0.6) is 0 Å². The number of hydrogen-bond acceptors (Lipinski definition) is 4. The first-order valence-corrected chi connectivity index (χ1v) is 6.16. The average Bonchev–Trinajstić information content (AvgIpc) is 2.77. The lowest BCUT2D eigenvalue weighted by molar-refractivity contribution is 0.102. The van der Waals surface area contributed by atoms with Gasteiger partial charge in [-0.1, -0.05) is 0 Å². The Kier molecular flexibility index (Phi) is 2.94. The van der Waals surface area contributed by atoms with Crippen LogP contribution < -0.4 is 16.5 Å². The maximum Gasteiger partial charge on any atom is 0.417 e. The Bertz CT molecular complexity index is 948. The molecule has 0 saturated carbocycles. The van der Waals surface area contributed by atoms with Crippen molar-refractivity contribution in [3.8, 4) is 0 Å². The van der Waals surface area contributed by atoms with Crippen LogP contribution in [0, 0.1) is 6.92 Å². The normalized spacial score (nSPS) is 10.7. The molecule has 0 aliphatic carbocycles. The number of aromatic nitrogens is 2. The second-order valence-corrected chi connectivity index (χ2v) is 4.57. The lowest BCUT2D eigenvalue weighted by Crippen LogP contribution is -2.21. The molecule has 7 nitrogen and oxygen atoms in total. The smallest absolute Gasteiger partial charge is 0.408 e. The summed E-state index contributed by atoms with van der Waals surface area (Å²) in [7, 11) is 0. The molecule has 0 spiro atoms. The number of rotatable bonds is 2. The third kappa shape index (κ3) is 2.48. The molecule has 3 aromatic rings. The molecular formula is C14H11N3O4. The summed E-state index contributed by atoms with van der Waals surface area (Å²) in [5, 5.41) is 2.60. The Morgan fingerprint density at radius 3 is 2.81 bits per heavy atom. The number of aryl methyl sites for hydroxylation is 1. The van der Waals surface area contributed by atoms with Gasteiger partial charge in [0, 0.05) is 23.6 Å². The van der Waals surface area contributed by atoms with E-state index in [0.717, 1.165) is 0 Å². The number of hydrogen-bond donors (Lipinski definition) is 3. The van der Waals surface area contributed by atoms with Crippen LogP contribution in [-0.4, -0.2) is 15.9 Å². The molecule has 106 valence electrons. The zero-order valence-corrected chi connectivity index (χ0v) is 11.0. The molecule has 0 unspecified atom stereocenters. The van der Waals surface area contributed by atoms with Crippen LogP contribution in [0.4, 0.5) is 5.69 Å². The molecule has 0 bridgehead atoms. The van der Waals surface area contributed by atoms with Crippen molar-refractivity contribution in [1.82, 2.24) is 9.97 Å². The Hall–Kier alpha value is -3.09. The molecule has 0 aliphatic rings. The SMILES string of the molecule is Cc1cc(=O)c(C(=O)Nc2ccc3oc(=O)[nH]c3c2)c[nH]1. The molecule has 2 heterocycles. The average molecular weight is 285 g/mol. The summed E-state index contributed by atoms with van der Waals surface area (Å²) in [4.78, 5) is 40.2. The van der Waals surface area contributed by atoms with Crippen molar-refractivity contribution in [3.63, 3.8) is 0 Å². The van der Waals surface area contributed by atoms with Gasteiger partial charge < -0.3 is 14.7 Å². The van der Waals surface area contributed by atoms with Crippen molar-refractivity contribution in [3.05, 3.63) is 62.5 Å². The third-order valence-corrected chi connectivity index (χ3v) is 2.98. The van der Waals surface area contributed by atoms with E-state index in [-0.39, 0.29) is 11.0 Å². The van der Waals surface area contributed by atoms with Gasteiger partial charge in [-0.25, -0.2) is 4.79 Å². The summed E-state index contributed by atoms with van der Waals surface area (Å²) in [5.41, 5.74) is 1.64. The van der Waals surface area contributed by atoms with Gasteiger partial charge in [0.05, 0.1) is 5.52 Å². The summed E-state index contributed by atoms with van der Waals surface area (Å²) in [6, 6.07) is 6.05. The molecule has 3 N–H and O–H groups in total. The maximum atomic E-state index is 12.1. The number of aromatic amines is 2. The minimum Gasteiger partial charge on any atom is -0.408 e. The maximum absolute atomic E-state index is 12.1. The van der Waals surface area contributed by atoms with Crippen molar-refractivity contribution >= 4 is 22.7 Å². The van der Waals surface area contributed by atoms with Crippen LogP contribution in [0.3, 0.4) is 0 Å². The molecule has 0 saturated heterocycles. The molecule has 1 aromatic carbocycles. The van der Waals surface area contributed by atoms with Crippen LogP contribution in [-0.2, 0) is 0 Å². The highest BCUT2D eigenvalue weighted by atomic mass is 16.4. The van der Waals surface area contributed by atoms with Crippen LogP contribution >= 0.6 is 0 Å². The summed E-state index contributed by atoms with van der Waals surface area (Å²) in [5.74, 6) is -1.09. The van der Waals surface area contributed by atoms with E-state index < -0.39 is 11.7 Å². The topological polar surface area (TPSA) is 108 Å². The highest BCUT2D eigenvalue weighted by Crippen LogP contribution is 2.16. The Balaban J connectivity index is 1.92. The first-order valence-electron chi connectivity index (χ1n) is 6.16. The van der Waals surface area contributed by atoms with E-state index in [9.17, 15) is 14.4 Å². The Morgan fingerprint density at radius 1 is 1.24 bits per heavy atom. The fourth-order valence-corrected chi connectivity index (χ4v) is 1.98. The van der Waals surface area contributed by atoms with Gasteiger partial charge in [-0.3, -0.25) is 14.6 Å². The number of benzene rings is 1. The molecule has 0 radical (unpaired) electrons. The molecular weight excluding hydrogens is 274 g/mol. The number of H-pyrrole nitrogens is 2. The van der Waals surface area contributed by atoms with Crippen molar-refractivity contribution in [2.24, 2.45) is 0 Å². The van der Waals surface area contributed by atoms with Gasteiger partial charge in [-0.05, 0) is 25.1 Å². The number of fused-ring (bicyclic) bond motifs is 1. The molecule has 21 heavy (non-hydrogen) atoms. The van der Waals surface area contributed by atoms with Gasteiger partial charge in [0.25, 0.3) is 5.91 Å². The van der Waals surface area contributed by atoms with Crippen LogP contribution in [0.25, 0.3) is 11.1 Å². The molecule has 1 amide bonds. The van der Waals surface area contributed by atoms with E-state index in [1.54, 1.807) is 25.1 Å². The number of carbonyl (C=O) groups excluding carboxylic acids is 1. The molecule has 0 fully saturated rings. The summed E-state index contributed by atoms with van der Waals surface area (Å²) in [6.07, 6.45) is 1.37. The molecule has 2 aromatic heterocycles. The number of anilines is 1. The minimum atomic E-state index is -0.566. The van der Waals surface area contributed by atoms with Crippen LogP contribution in [0.2, 0.25) is 0 Å². The van der Waals surface area contributed by atoms with E-state index in [2.05, 4.69) is 15.3 Å². The van der Waals surface area contributed by atoms with Gasteiger partial charge in [-0.2, -0.15) is 0 Å². The molecule has 0 atom stereocenters. The number of pyridine rings is 1. The largest absolute Gasteiger partial charge is 0.417 e. The van der Waals surface area contributed by atoms with E-state index >= 15 is 0 Å². The van der Waals surface area contributed by atoms with Crippen LogP contribution in [0.15, 0.2) is 44.5 Å². The lowest BCUT2D eigenvalue weighted by Gasteiger charge is -2.04. The molecule has 3 rings (SSSR count). The summed E-state index contributed by atoms with van der Waals surface area (Å²) < 4.78 is 4.87. The minimum absolute atomic E-state index is 0.0152. The third-order valence-electron chi connectivity index (χ3n) is 2.98. The fraction of sp³-hybridized carbons (Fsp3) is 0.0714. The quantitative estimate of drug-likeness (QED) is 0.660. The molecule has 0 aliphatic heterocycles. The Morgan fingerprint density at radius 2 is 2.05 bits per heavy atom. The highest BCUT2D eigenvalue weighted by molar-refractivity contribution is 6.04. The second kappa shape index (κ2) is 4.78. The summed E-state index contributed by atoms with van der Waals surface area (Å²) in [6.45, 7) is 1.73. The van der Waals surface area contributed by atoms with Crippen molar-refractivity contribution in [2.45, 2.75) is 6.92 Å². The number of nitrogens with one attached hydrogen (secondary N) is 3. The van der Waals surface area contributed by atoms with E-state index in [1.807, 2.05) is 0 Å². The number of amides is 1. The fourth-order valence-electron chi connectivity index (χ4n) is 1.98. The van der Waals surface area contributed by atoms with Gasteiger partial charge >= 0.3 is 5.76 Å². The molecule has 7 heteroatoms. The monoisotopic (exact) mass is 285 g/mol. The van der Waals surface area contributed by atoms with Gasteiger partial charge in [0.1, 0.15) is 5.56 Å². The van der Waals surface area contributed by atoms with Crippen molar-refractivity contribution < 1.29 is 9.21 Å². The van der Waals surface area contributed by atoms with Gasteiger partial charge in [0.2, 0.25) is 0 Å². The first-order chi connectivity index (χ1) is 10.0. The standard InChI is InChI=1S/C14H11N3O4/c1-7-4-11(18)9(6-15-7)13(19)16-8-2-3-12-10(5-8)17-14(20)21-12/h2-6H,1H3,(H,15,18)(H,16,19)(H,17,20). The second-order valence-electron chi connectivity index (χ2n) is 4.57. The predicted octanol–water partition coefficient (Wildman–Crippen LogP) is 1.37. The first kappa shape index (κ1) is 12.9. The zero-order chi connectivity index (χ0) is 15.0. The zero-order valence-electron chi connectivity index (χ0n) is 11.0.